The molecule has 0 fully saturated rings. The van der Waals surface area contributed by atoms with Gasteiger partial charge in [-0.3, -0.25) is 0 Å². The predicted octanol–water partition coefficient (Wildman–Crippen LogP) is 3.70. The Labute approximate surface area is 99.9 Å². The number of halogens is 2. The summed E-state index contributed by atoms with van der Waals surface area (Å²) in [5.41, 5.74) is 7.43. The molecule has 0 saturated carbocycles. The highest BCUT2D eigenvalue weighted by molar-refractivity contribution is 9.10. The Morgan fingerprint density at radius 3 is 2.80 bits per heavy atom. The van der Waals surface area contributed by atoms with Crippen LogP contribution in [-0.4, -0.2) is 0 Å². The van der Waals surface area contributed by atoms with Gasteiger partial charge in [0.25, 0.3) is 0 Å². The van der Waals surface area contributed by atoms with Gasteiger partial charge in [0.2, 0.25) is 0 Å². The van der Waals surface area contributed by atoms with Crippen LogP contribution in [0.1, 0.15) is 17.2 Å². The van der Waals surface area contributed by atoms with Crippen LogP contribution in [0.25, 0.3) is 0 Å². The van der Waals surface area contributed by atoms with Crippen molar-refractivity contribution in [3.8, 4) is 0 Å². The fourth-order valence-corrected chi connectivity index (χ4v) is 2.46. The summed E-state index contributed by atoms with van der Waals surface area (Å²) in [5.74, 6) is -0.267. The molecular weight excluding hydrogens is 277 g/mol. The normalized spacial score (nSPS) is 12.7. The fraction of sp³-hybridized carbons (Fsp3) is 0.0909. The van der Waals surface area contributed by atoms with Crippen LogP contribution in [0.4, 0.5) is 4.39 Å². The number of thiophene rings is 1. The summed E-state index contributed by atoms with van der Waals surface area (Å²) in [6, 6.07) is 6.33. The van der Waals surface area contributed by atoms with Gasteiger partial charge in [-0.1, -0.05) is 15.9 Å². The second-order valence-electron chi connectivity index (χ2n) is 3.20. The minimum atomic E-state index is -0.395. The molecule has 0 aliphatic rings. The fourth-order valence-electron chi connectivity index (χ4n) is 1.38. The van der Waals surface area contributed by atoms with E-state index in [9.17, 15) is 4.39 Å². The lowest BCUT2D eigenvalue weighted by Crippen LogP contribution is -2.12. The first-order valence-corrected chi connectivity index (χ1v) is 6.14. The van der Waals surface area contributed by atoms with E-state index in [1.807, 2.05) is 16.8 Å². The Kier molecular flexibility index (Phi) is 3.19. The van der Waals surface area contributed by atoms with Crippen molar-refractivity contribution >= 4 is 27.3 Å². The number of hydrogen-bond donors (Lipinski definition) is 1. The van der Waals surface area contributed by atoms with E-state index in [-0.39, 0.29) is 5.82 Å². The standard InChI is InChI=1S/C11H9BrFNS/c12-8-1-2-10(13)9(5-8)11(14)7-3-4-15-6-7/h1-6,11H,14H2/t11-/m1/s1. The lowest BCUT2D eigenvalue weighted by Gasteiger charge is -2.11. The van der Waals surface area contributed by atoms with Gasteiger partial charge < -0.3 is 5.73 Å². The molecule has 0 amide bonds. The van der Waals surface area contributed by atoms with Crippen LogP contribution in [0, 0.1) is 5.82 Å². The van der Waals surface area contributed by atoms with Gasteiger partial charge in [0.05, 0.1) is 6.04 Å². The van der Waals surface area contributed by atoms with Crippen LogP contribution >= 0.6 is 27.3 Å². The molecule has 0 unspecified atom stereocenters. The first-order valence-electron chi connectivity index (χ1n) is 4.41. The van der Waals surface area contributed by atoms with E-state index in [0.717, 1.165) is 10.0 Å². The van der Waals surface area contributed by atoms with Crippen molar-refractivity contribution in [3.63, 3.8) is 0 Å². The second kappa shape index (κ2) is 4.43. The first-order chi connectivity index (χ1) is 7.18. The van der Waals surface area contributed by atoms with Crippen LogP contribution in [0.2, 0.25) is 0 Å². The summed E-state index contributed by atoms with van der Waals surface area (Å²) < 4.78 is 14.4. The van der Waals surface area contributed by atoms with E-state index >= 15 is 0 Å². The molecule has 1 nitrogen and oxygen atoms in total. The number of benzene rings is 1. The maximum Gasteiger partial charge on any atom is 0.128 e. The van der Waals surface area contributed by atoms with Crippen molar-refractivity contribution in [1.29, 1.82) is 0 Å². The van der Waals surface area contributed by atoms with Crippen molar-refractivity contribution in [2.45, 2.75) is 6.04 Å². The van der Waals surface area contributed by atoms with E-state index in [2.05, 4.69) is 15.9 Å². The zero-order chi connectivity index (χ0) is 10.8. The molecule has 0 bridgehead atoms. The molecule has 78 valence electrons. The van der Waals surface area contributed by atoms with Crippen molar-refractivity contribution in [2.24, 2.45) is 5.73 Å². The Balaban J connectivity index is 2.41. The monoisotopic (exact) mass is 285 g/mol. The summed E-state index contributed by atoms with van der Waals surface area (Å²) in [4.78, 5) is 0. The molecule has 1 heterocycles. The van der Waals surface area contributed by atoms with E-state index < -0.39 is 6.04 Å². The van der Waals surface area contributed by atoms with E-state index in [0.29, 0.717) is 5.56 Å². The second-order valence-corrected chi connectivity index (χ2v) is 4.90. The van der Waals surface area contributed by atoms with Gasteiger partial charge in [-0.15, -0.1) is 0 Å². The van der Waals surface area contributed by atoms with Gasteiger partial charge in [-0.05, 0) is 40.6 Å². The molecule has 1 aromatic heterocycles. The zero-order valence-electron chi connectivity index (χ0n) is 7.78. The molecule has 0 saturated heterocycles. The number of nitrogens with two attached hydrogens (primary N) is 1. The molecular formula is C11H9BrFNS. The van der Waals surface area contributed by atoms with Crippen LogP contribution in [-0.2, 0) is 0 Å². The maximum absolute atomic E-state index is 13.5. The third kappa shape index (κ3) is 2.27. The van der Waals surface area contributed by atoms with Crippen LogP contribution < -0.4 is 5.73 Å². The zero-order valence-corrected chi connectivity index (χ0v) is 10.2. The highest BCUT2D eigenvalue weighted by Gasteiger charge is 2.13. The summed E-state index contributed by atoms with van der Waals surface area (Å²) in [7, 11) is 0. The average Bonchev–Trinajstić information content (AvgIpc) is 2.74. The van der Waals surface area contributed by atoms with Gasteiger partial charge in [-0.25, -0.2) is 4.39 Å². The molecule has 15 heavy (non-hydrogen) atoms. The quantitative estimate of drug-likeness (QED) is 0.895. The van der Waals surface area contributed by atoms with Gasteiger partial charge in [0, 0.05) is 10.0 Å². The van der Waals surface area contributed by atoms with Gasteiger partial charge >= 0.3 is 0 Å². The summed E-state index contributed by atoms with van der Waals surface area (Å²) >= 11 is 4.87. The van der Waals surface area contributed by atoms with Crippen molar-refractivity contribution in [3.05, 3.63) is 56.4 Å². The molecule has 0 aliphatic heterocycles. The maximum atomic E-state index is 13.5. The average molecular weight is 286 g/mol. The largest absolute Gasteiger partial charge is 0.320 e. The van der Waals surface area contributed by atoms with E-state index in [1.165, 1.54) is 6.07 Å². The molecule has 2 N–H and O–H groups in total. The van der Waals surface area contributed by atoms with Gasteiger partial charge in [-0.2, -0.15) is 11.3 Å². The highest BCUT2D eigenvalue weighted by atomic mass is 79.9. The lowest BCUT2D eigenvalue weighted by molar-refractivity contribution is 0.599. The third-order valence-corrected chi connectivity index (χ3v) is 3.39. The van der Waals surface area contributed by atoms with Crippen LogP contribution in [0.3, 0.4) is 0 Å². The highest BCUT2D eigenvalue weighted by Crippen LogP contribution is 2.26. The van der Waals surface area contributed by atoms with Crippen LogP contribution in [0.15, 0.2) is 39.5 Å². The number of hydrogen-bond acceptors (Lipinski definition) is 2. The predicted molar refractivity (Wildman–Crippen MR) is 64.4 cm³/mol. The summed E-state index contributed by atoms with van der Waals surface area (Å²) in [6.45, 7) is 0. The molecule has 1 atom stereocenters. The Hall–Kier alpha value is -0.710. The SMILES string of the molecule is N[C@H](c1ccsc1)c1cc(Br)ccc1F. The van der Waals surface area contributed by atoms with Gasteiger partial charge in [0.15, 0.2) is 0 Å². The molecule has 0 spiro atoms. The minimum Gasteiger partial charge on any atom is -0.320 e. The summed E-state index contributed by atoms with van der Waals surface area (Å²) in [6.07, 6.45) is 0. The molecule has 4 heteroatoms. The Morgan fingerprint density at radius 2 is 2.13 bits per heavy atom. The molecule has 0 aliphatic carbocycles. The third-order valence-electron chi connectivity index (χ3n) is 2.20. The van der Waals surface area contributed by atoms with Crippen LogP contribution in [0.5, 0.6) is 0 Å². The molecule has 0 radical (unpaired) electrons. The van der Waals surface area contributed by atoms with E-state index in [4.69, 9.17) is 5.73 Å². The molecule has 2 rings (SSSR count). The van der Waals surface area contributed by atoms with Crippen molar-refractivity contribution in [1.82, 2.24) is 0 Å². The van der Waals surface area contributed by atoms with Crippen molar-refractivity contribution < 1.29 is 4.39 Å². The Bertz CT molecular complexity index is 456. The Morgan fingerprint density at radius 1 is 1.33 bits per heavy atom. The minimum absolute atomic E-state index is 0.267. The first kappa shape index (κ1) is 10.8. The molecule has 2 aromatic rings. The van der Waals surface area contributed by atoms with Gasteiger partial charge in [0.1, 0.15) is 5.82 Å². The number of rotatable bonds is 2. The molecule has 1 aromatic carbocycles. The van der Waals surface area contributed by atoms with E-state index in [1.54, 1.807) is 23.5 Å². The lowest BCUT2D eigenvalue weighted by atomic mass is 10.0. The van der Waals surface area contributed by atoms with Crippen molar-refractivity contribution in [2.75, 3.05) is 0 Å². The summed E-state index contributed by atoms with van der Waals surface area (Å²) in [5, 5.41) is 3.87. The smallest absolute Gasteiger partial charge is 0.128 e. The topological polar surface area (TPSA) is 26.0 Å².